The van der Waals surface area contributed by atoms with Gasteiger partial charge in [0.15, 0.2) is 0 Å². The lowest BCUT2D eigenvalue weighted by Crippen LogP contribution is -2.51. The zero-order valence-corrected chi connectivity index (χ0v) is 7.42. The fraction of sp³-hybridized carbons (Fsp3) is 0.900. The van der Waals surface area contributed by atoms with E-state index >= 15 is 0 Å². The van der Waals surface area contributed by atoms with E-state index in [1.165, 1.54) is 25.7 Å². The third-order valence-electron chi connectivity index (χ3n) is 3.76. The van der Waals surface area contributed by atoms with Crippen LogP contribution in [0, 0.1) is 22.7 Å². The van der Waals surface area contributed by atoms with Crippen molar-refractivity contribution in [2.75, 3.05) is 0 Å². The maximum atomic E-state index is 9.05. The molecule has 2 aliphatic carbocycles. The summed E-state index contributed by atoms with van der Waals surface area (Å²) in [5, 5.41) is 9.05. The van der Waals surface area contributed by atoms with Crippen LogP contribution in [0.4, 0.5) is 0 Å². The first kappa shape index (κ1) is 8.07. The summed E-state index contributed by atoms with van der Waals surface area (Å²) in [6.45, 7) is 0. The maximum absolute atomic E-state index is 9.05. The minimum Gasteiger partial charge on any atom is -0.326 e. The second-order valence-corrected chi connectivity index (χ2v) is 4.34. The summed E-state index contributed by atoms with van der Waals surface area (Å²) in [5.74, 6) is 0.657. The van der Waals surface area contributed by atoms with Gasteiger partial charge in [0.1, 0.15) is 0 Å². The first-order valence-electron chi connectivity index (χ1n) is 4.95. The Morgan fingerprint density at radius 3 is 2.25 bits per heavy atom. The first-order valence-corrected chi connectivity index (χ1v) is 4.95. The van der Waals surface area contributed by atoms with Gasteiger partial charge in [0.2, 0.25) is 0 Å². The fourth-order valence-corrected chi connectivity index (χ4v) is 2.33. The Morgan fingerprint density at radius 2 is 2.00 bits per heavy atom. The zero-order chi connectivity index (χ0) is 8.60. The van der Waals surface area contributed by atoms with Gasteiger partial charge in [-0.1, -0.05) is 12.8 Å². The molecule has 2 fully saturated rings. The summed E-state index contributed by atoms with van der Waals surface area (Å²) in [5.41, 5.74) is 5.99. The smallest absolute Gasteiger partial charge is 0.0727 e. The first-order chi connectivity index (χ1) is 5.78. The Balaban J connectivity index is 2.01. The van der Waals surface area contributed by atoms with Crippen molar-refractivity contribution in [3.05, 3.63) is 0 Å². The van der Waals surface area contributed by atoms with Crippen LogP contribution in [0.25, 0.3) is 0 Å². The number of nitriles is 1. The highest BCUT2D eigenvalue weighted by Crippen LogP contribution is 2.48. The number of nitrogens with two attached hydrogens (primary N) is 1. The quantitative estimate of drug-likeness (QED) is 0.676. The molecule has 2 rings (SSSR count). The number of rotatable bonds is 2. The van der Waals surface area contributed by atoms with Crippen LogP contribution in [-0.2, 0) is 0 Å². The van der Waals surface area contributed by atoms with E-state index in [1.54, 1.807) is 0 Å². The van der Waals surface area contributed by atoms with Crippen molar-refractivity contribution < 1.29 is 0 Å². The molecule has 1 unspecified atom stereocenters. The van der Waals surface area contributed by atoms with E-state index in [-0.39, 0.29) is 11.5 Å². The summed E-state index contributed by atoms with van der Waals surface area (Å²) in [6.07, 6.45) is 7.12. The molecule has 2 heteroatoms. The molecule has 2 N–H and O–H groups in total. The summed E-state index contributed by atoms with van der Waals surface area (Å²) >= 11 is 0. The molecular formula is C10H16N2. The van der Waals surface area contributed by atoms with Crippen LogP contribution in [0.5, 0.6) is 0 Å². The Kier molecular flexibility index (Phi) is 1.84. The van der Waals surface area contributed by atoms with Crippen LogP contribution in [0.15, 0.2) is 0 Å². The molecule has 1 atom stereocenters. The zero-order valence-electron chi connectivity index (χ0n) is 7.42. The average molecular weight is 164 g/mol. The van der Waals surface area contributed by atoms with Crippen LogP contribution in [0.2, 0.25) is 0 Å². The topological polar surface area (TPSA) is 49.8 Å². The molecule has 0 saturated heterocycles. The molecule has 0 bridgehead atoms. The predicted octanol–water partition coefficient (Wildman–Crippen LogP) is 1.81. The van der Waals surface area contributed by atoms with E-state index < -0.39 is 0 Å². The van der Waals surface area contributed by atoms with Gasteiger partial charge in [0.05, 0.1) is 11.5 Å². The average Bonchev–Trinajstić information content (AvgIpc) is 1.81. The van der Waals surface area contributed by atoms with Gasteiger partial charge < -0.3 is 5.73 Å². The van der Waals surface area contributed by atoms with Crippen molar-refractivity contribution in [2.45, 2.75) is 44.6 Å². The van der Waals surface area contributed by atoms with Gasteiger partial charge in [-0.25, -0.2) is 0 Å². The molecule has 0 aromatic rings. The number of hydrogen-bond donors (Lipinski definition) is 1. The summed E-state index contributed by atoms with van der Waals surface area (Å²) in [7, 11) is 0. The second kappa shape index (κ2) is 2.74. The van der Waals surface area contributed by atoms with Crippen LogP contribution < -0.4 is 5.73 Å². The standard InChI is InChI=1S/C10H16N2/c11-7-10(5-2-6-10)9(12)8-3-1-4-8/h8-9H,1-6,12H2. The molecule has 0 aromatic heterocycles. The van der Waals surface area contributed by atoms with Crippen molar-refractivity contribution in [3.63, 3.8) is 0 Å². The third kappa shape index (κ3) is 0.964. The molecule has 66 valence electrons. The van der Waals surface area contributed by atoms with Gasteiger partial charge in [0, 0.05) is 6.04 Å². The minimum atomic E-state index is -0.120. The van der Waals surface area contributed by atoms with Gasteiger partial charge in [-0.05, 0) is 31.6 Å². The number of nitrogens with zero attached hydrogens (tertiary/aromatic N) is 1. The Morgan fingerprint density at radius 1 is 1.33 bits per heavy atom. The van der Waals surface area contributed by atoms with Crippen LogP contribution in [0.3, 0.4) is 0 Å². The summed E-state index contributed by atoms with van der Waals surface area (Å²) in [4.78, 5) is 0. The molecule has 12 heavy (non-hydrogen) atoms. The van der Waals surface area contributed by atoms with Crippen molar-refractivity contribution in [3.8, 4) is 6.07 Å². The van der Waals surface area contributed by atoms with E-state index in [0.717, 1.165) is 12.8 Å². The SMILES string of the molecule is N#CC1(C(N)C2CCC2)CCC1. The molecule has 0 radical (unpaired) electrons. The maximum Gasteiger partial charge on any atom is 0.0727 e. The lowest BCUT2D eigenvalue weighted by atomic mass is 9.59. The molecule has 2 saturated carbocycles. The molecule has 0 spiro atoms. The molecule has 0 aliphatic heterocycles. The van der Waals surface area contributed by atoms with Gasteiger partial charge in [-0.15, -0.1) is 0 Å². The molecule has 0 amide bonds. The van der Waals surface area contributed by atoms with Crippen molar-refractivity contribution >= 4 is 0 Å². The lowest BCUT2D eigenvalue weighted by molar-refractivity contribution is 0.0928. The second-order valence-electron chi connectivity index (χ2n) is 4.34. The Hall–Kier alpha value is -0.550. The molecule has 0 aromatic carbocycles. The highest BCUT2D eigenvalue weighted by Gasteiger charge is 2.46. The highest BCUT2D eigenvalue weighted by atomic mass is 14.7. The van der Waals surface area contributed by atoms with E-state index in [1.807, 2.05) is 0 Å². The largest absolute Gasteiger partial charge is 0.326 e. The third-order valence-corrected chi connectivity index (χ3v) is 3.76. The van der Waals surface area contributed by atoms with E-state index in [0.29, 0.717) is 5.92 Å². The van der Waals surface area contributed by atoms with Crippen molar-refractivity contribution in [1.82, 2.24) is 0 Å². The van der Waals surface area contributed by atoms with Crippen LogP contribution in [-0.4, -0.2) is 6.04 Å². The van der Waals surface area contributed by atoms with Crippen LogP contribution >= 0.6 is 0 Å². The fourth-order valence-electron chi connectivity index (χ4n) is 2.33. The van der Waals surface area contributed by atoms with E-state index in [2.05, 4.69) is 6.07 Å². The minimum absolute atomic E-state index is 0.120. The van der Waals surface area contributed by atoms with Gasteiger partial charge in [0.25, 0.3) is 0 Å². The normalized spacial score (nSPS) is 29.7. The molecular weight excluding hydrogens is 148 g/mol. The van der Waals surface area contributed by atoms with Gasteiger partial charge in [-0.2, -0.15) is 5.26 Å². The van der Waals surface area contributed by atoms with Gasteiger partial charge in [-0.3, -0.25) is 0 Å². The lowest BCUT2D eigenvalue weighted by Gasteiger charge is -2.46. The van der Waals surface area contributed by atoms with Gasteiger partial charge >= 0.3 is 0 Å². The highest BCUT2D eigenvalue weighted by molar-refractivity contribution is 5.12. The van der Waals surface area contributed by atoms with Crippen LogP contribution in [0.1, 0.15) is 38.5 Å². The monoisotopic (exact) mass is 164 g/mol. The van der Waals surface area contributed by atoms with Crippen molar-refractivity contribution in [1.29, 1.82) is 5.26 Å². The predicted molar refractivity (Wildman–Crippen MR) is 47.2 cm³/mol. The Bertz CT molecular complexity index is 208. The van der Waals surface area contributed by atoms with E-state index in [9.17, 15) is 0 Å². The Labute approximate surface area is 73.7 Å². The molecule has 2 aliphatic rings. The summed E-state index contributed by atoms with van der Waals surface area (Å²) < 4.78 is 0. The molecule has 0 heterocycles. The summed E-state index contributed by atoms with van der Waals surface area (Å²) in [6, 6.07) is 2.61. The number of hydrogen-bond acceptors (Lipinski definition) is 2. The molecule has 2 nitrogen and oxygen atoms in total. The van der Waals surface area contributed by atoms with Crippen molar-refractivity contribution in [2.24, 2.45) is 17.1 Å². The van der Waals surface area contributed by atoms with E-state index in [4.69, 9.17) is 11.0 Å².